The summed E-state index contributed by atoms with van der Waals surface area (Å²) in [6.45, 7) is 6.96. The maximum Gasteiger partial charge on any atom is 0.0360 e. The summed E-state index contributed by atoms with van der Waals surface area (Å²) in [4.78, 5) is 2.78. The lowest BCUT2D eigenvalue weighted by Crippen LogP contribution is -2.58. The van der Waals surface area contributed by atoms with Crippen LogP contribution in [-0.4, -0.2) is 29.6 Å². The van der Waals surface area contributed by atoms with Gasteiger partial charge in [0.1, 0.15) is 0 Å². The highest BCUT2D eigenvalue weighted by atomic mass is 15.2. The normalized spacial score (nSPS) is 42.2. The minimum atomic E-state index is 0.337. The maximum atomic E-state index is 6.16. The van der Waals surface area contributed by atoms with Gasteiger partial charge in [0, 0.05) is 18.1 Å². The summed E-state index contributed by atoms with van der Waals surface area (Å²) in [6.07, 6.45) is 9.65. The second kappa shape index (κ2) is 5.05. The zero-order chi connectivity index (χ0) is 11.6. The van der Waals surface area contributed by atoms with E-state index in [9.17, 15) is 0 Å². The second-order valence-corrected chi connectivity index (χ2v) is 5.99. The molecule has 3 unspecified atom stereocenters. The summed E-state index contributed by atoms with van der Waals surface area (Å²) in [5.74, 6) is 0.790. The first-order valence-electron chi connectivity index (χ1n) is 7.17. The highest BCUT2D eigenvalue weighted by Gasteiger charge is 2.45. The molecule has 1 aliphatic carbocycles. The van der Waals surface area contributed by atoms with Crippen LogP contribution in [-0.2, 0) is 0 Å². The zero-order valence-electron chi connectivity index (χ0n) is 11.0. The van der Waals surface area contributed by atoms with Crippen LogP contribution in [0.4, 0.5) is 0 Å². The molecule has 0 spiro atoms. The zero-order valence-corrected chi connectivity index (χ0v) is 11.0. The molecule has 0 amide bonds. The van der Waals surface area contributed by atoms with Crippen molar-refractivity contribution in [1.29, 1.82) is 0 Å². The second-order valence-electron chi connectivity index (χ2n) is 5.99. The van der Waals surface area contributed by atoms with Gasteiger partial charge in [0.15, 0.2) is 0 Å². The molecule has 0 aromatic carbocycles. The Morgan fingerprint density at radius 1 is 1.12 bits per heavy atom. The van der Waals surface area contributed by atoms with Crippen LogP contribution in [0, 0.1) is 5.92 Å². The Morgan fingerprint density at radius 2 is 1.94 bits per heavy atom. The standard InChI is InChI=1S/C14H28N2/c1-12-7-6-9-14(12,11-15)16-10-5-3-4-8-13(16)2/h12-13H,3-11,15H2,1-2H3. The lowest BCUT2D eigenvalue weighted by atomic mass is 9.85. The number of hydrogen-bond donors (Lipinski definition) is 1. The summed E-state index contributed by atoms with van der Waals surface area (Å²) in [7, 11) is 0. The predicted molar refractivity (Wildman–Crippen MR) is 69.4 cm³/mol. The first-order valence-corrected chi connectivity index (χ1v) is 7.17. The fourth-order valence-corrected chi connectivity index (χ4v) is 4.01. The van der Waals surface area contributed by atoms with Crippen LogP contribution in [0.3, 0.4) is 0 Å². The summed E-state index contributed by atoms with van der Waals surface area (Å²) < 4.78 is 0. The lowest BCUT2D eigenvalue weighted by molar-refractivity contribution is 0.0315. The summed E-state index contributed by atoms with van der Waals surface area (Å²) in [6, 6.07) is 0.742. The van der Waals surface area contributed by atoms with Crippen LogP contribution in [0.25, 0.3) is 0 Å². The first kappa shape index (κ1) is 12.4. The molecule has 1 aliphatic heterocycles. The van der Waals surface area contributed by atoms with Crippen molar-refractivity contribution < 1.29 is 0 Å². The van der Waals surface area contributed by atoms with Gasteiger partial charge in [-0.3, -0.25) is 4.90 Å². The van der Waals surface area contributed by atoms with E-state index < -0.39 is 0 Å². The topological polar surface area (TPSA) is 29.3 Å². The fraction of sp³-hybridized carbons (Fsp3) is 1.00. The molecule has 1 saturated carbocycles. The Kier molecular flexibility index (Phi) is 3.91. The van der Waals surface area contributed by atoms with Gasteiger partial charge in [-0.25, -0.2) is 0 Å². The van der Waals surface area contributed by atoms with Crippen molar-refractivity contribution >= 4 is 0 Å². The van der Waals surface area contributed by atoms with E-state index in [4.69, 9.17) is 5.73 Å². The summed E-state index contributed by atoms with van der Waals surface area (Å²) >= 11 is 0. The van der Waals surface area contributed by atoms with Crippen molar-refractivity contribution in [2.24, 2.45) is 11.7 Å². The van der Waals surface area contributed by atoms with E-state index in [2.05, 4.69) is 18.7 Å². The monoisotopic (exact) mass is 224 g/mol. The SMILES string of the molecule is CC1CCCCCN1C1(CN)CCCC1C. The minimum absolute atomic E-state index is 0.337. The molecule has 0 aromatic heterocycles. The molecule has 1 heterocycles. The van der Waals surface area contributed by atoms with Crippen molar-refractivity contribution in [2.75, 3.05) is 13.1 Å². The van der Waals surface area contributed by atoms with Gasteiger partial charge in [-0.05, 0) is 45.1 Å². The van der Waals surface area contributed by atoms with Crippen LogP contribution in [0.1, 0.15) is 58.8 Å². The highest BCUT2D eigenvalue weighted by molar-refractivity contribution is 5.02. The van der Waals surface area contributed by atoms with E-state index in [1.807, 2.05) is 0 Å². The molecular formula is C14H28N2. The molecule has 2 nitrogen and oxygen atoms in total. The Labute approximate surface area is 101 Å². The Morgan fingerprint density at radius 3 is 2.56 bits per heavy atom. The van der Waals surface area contributed by atoms with Crippen molar-refractivity contribution in [1.82, 2.24) is 4.90 Å². The lowest BCUT2D eigenvalue weighted by Gasteiger charge is -2.47. The van der Waals surface area contributed by atoms with Crippen LogP contribution in [0.5, 0.6) is 0 Å². The van der Waals surface area contributed by atoms with Crippen molar-refractivity contribution in [3.8, 4) is 0 Å². The van der Waals surface area contributed by atoms with Gasteiger partial charge < -0.3 is 5.73 Å². The number of nitrogens with zero attached hydrogens (tertiary/aromatic N) is 1. The van der Waals surface area contributed by atoms with E-state index in [1.165, 1.54) is 51.5 Å². The summed E-state index contributed by atoms with van der Waals surface area (Å²) in [5.41, 5.74) is 6.50. The largest absolute Gasteiger partial charge is 0.329 e. The minimum Gasteiger partial charge on any atom is -0.329 e. The van der Waals surface area contributed by atoms with Gasteiger partial charge in [-0.1, -0.05) is 26.2 Å². The third-order valence-electron chi connectivity index (χ3n) is 5.14. The molecule has 94 valence electrons. The molecule has 0 radical (unpaired) electrons. The maximum absolute atomic E-state index is 6.16. The third-order valence-corrected chi connectivity index (χ3v) is 5.14. The molecule has 1 saturated heterocycles. The predicted octanol–water partition coefficient (Wildman–Crippen LogP) is 2.77. The summed E-state index contributed by atoms with van der Waals surface area (Å²) in [5, 5.41) is 0. The number of nitrogens with two attached hydrogens (primary N) is 1. The van der Waals surface area contributed by atoms with Crippen LogP contribution < -0.4 is 5.73 Å². The van der Waals surface area contributed by atoms with Gasteiger partial charge in [-0.15, -0.1) is 0 Å². The Balaban J connectivity index is 2.18. The number of likely N-dealkylation sites (tertiary alicyclic amines) is 1. The Hall–Kier alpha value is -0.0800. The van der Waals surface area contributed by atoms with Gasteiger partial charge in [-0.2, -0.15) is 0 Å². The molecule has 2 aliphatic rings. The number of hydrogen-bond acceptors (Lipinski definition) is 2. The van der Waals surface area contributed by atoms with Crippen molar-refractivity contribution in [2.45, 2.75) is 70.4 Å². The van der Waals surface area contributed by atoms with E-state index in [0.717, 1.165) is 18.5 Å². The molecule has 3 atom stereocenters. The third kappa shape index (κ3) is 2.02. The van der Waals surface area contributed by atoms with Gasteiger partial charge in [0.2, 0.25) is 0 Å². The van der Waals surface area contributed by atoms with E-state index in [1.54, 1.807) is 0 Å². The molecule has 16 heavy (non-hydrogen) atoms. The first-order chi connectivity index (χ1) is 7.70. The van der Waals surface area contributed by atoms with E-state index in [-0.39, 0.29) is 0 Å². The van der Waals surface area contributed by atoms with Crippen LogP contribution in [0.2, 0.25) is 0 Å². The quantitative estimate of drug-likeness (QED) is 0.781. The highest BCUT2D eigenvalue weighted by Crippen LogP contribution is 2.41. The van der Waals surface area contributed by atoms with Crippen LogP contribution in [0.15, 0.2) is 0 Å². The van der Waals surface area contributed by atoms with Crippen molar-refractivity contribution in [3.05, 3.63) is 0 Å². The smallest absolute Gasteiger partial charge is 0.0360 e. The fourth-order valence-electron chi connectivity index (χ4n) is 4.01. The molecule has 2 rings (SSSR count). The van der Waals surface area contributed by atoms with Gasteiger partial charge in [0.25, 0.3) is 0 Å². The molecule has 0 aromatic rings. The molecule has 0 bridgehead atoms. The Bertz CT molecular complexity index is 229. The average Bonchev–Trinajstić information content (AvgIpc) is 2.51. The molecule has 2 fully saturated rings. The van der Waals surface area contributed by atoms with Gasteiger partial charge in [0.05, 0.1) is 0 Å². The number of rotatable bonds is 2. The molecule has 2 heteroatoms. The van der Waals surface area contributed by atoms with E-state index >= 15 is 0 Å². The van der Waals surface area contributed by atoms with Crippen molar-refractivity contribution in [3.63, 3.8) is 0 Å². The molecular weight excluding hydrogens is 196 g/mol. The van der Waals surface area contributed by atoms with Gasteiger partial charge >= 0.3 is 0 Å². The van der Waals surface area contributed by atoms with Crippen LogP contribution >= 0.6 is 0 Å². The molecule has 2 N–H and O–H groups in total. The average molecular weight is 224 g/mol. The van der Waals surface area contributed by atoms with E-state index in [0.29, 0.717) is 5.54 Å².